The molecule has 0 N–H and O–H groups in total. The summed E-state index contributed by atoms with van der Waals surface area (Å²) in [5.74, 6) is 0.269. The van der Waals surface area contributed by atoms with Crippen LogP contribution in [-0.2, 0) is 4.79 Å². The summed E-state index contributed by atoms with van der Waals surface area (Å²) in [7, 11) is 0. The van der Waals surface area contributed by atoms with Crippen LogP contribution in [0.1, 0.15) is 136 Å². The fourth-order valence-electron chi connectivity index (χ4n) is 3.44. The SMILES string of the molecule is CCCCCCCCCCCCCCCCCCCCC(C)C=O. The standard InChI is InChI=1S/C23H46O/c1-3-4-5-6-7-8-9-10-11-12-13-14-15-16-17-18-19-20-21-23(2)22-24/h22-23H,3-21H2,1-2H3. The minimum absolute atomic E-state index is 0.269. The monoisotopic (exact) mass is 338 g/mol. The van der Waals surface area contributed by atoms with Crippen molar-refractivity contribution in [3.8, 4) is 0 Å². The van der Waals surface area contributed by atoms with E-state index >= 15 is 0 Å². The third-order valence-electron chi connectivity index (χ3n) is 5.25. The average molecular weight is 339 g/mol. The average Bonchev–Trinajstić information content (AvgIpc) is 2.60. The molecule has 0 heterocycles. The molecule has 0 spiro atoms. The summed E-state index contributed by atoms with van der Waals surface area (Å²) in [6.07, 6.45) is 27.7. The highest BCUT2D eigenvalue weighted by atomic mass is 16.1. The van der Waals surface area contributed by atoms with Crippen LogP contribution < -0.4 is 0 Å². The van der Waals surface area contributed by atoms with E-state index in [0.717, 1.165) is 12.7 Å². The van der Waals surface area contributed by atoms with Crippen LogP contribution in [0, 0.1) is 5.92 Å². The molecule has 0 bridgehead atoms. The van der Waals surface area contributed by atoms with Crippen molar-refractivity contribution in [2.45, 2.75) is 136 Å². The molecule has 0 saturated heterocycles. The number of carbonyl (C=O) groups excluding carboxylic acids is 1. The van der Waals surface area contributed by atoms with Crippen LogP contribution in [0.2, 0.25) is 0 Å². The summed E-state index contributed by atoms with van der Waals surface area (Å²) < 4.78 is 0. The highest BCUT2D eigenvalue weighted by Crippen LogP contribution is 2.15. The van der Waals surface area contributed by atoms with E-state index in [0.29, 0.717) is 0 Å². The van der Waals surface area contributed by atoms with Gasteiger partial charge in [-0.05, 0) is 6.42 Å². The molecular formula is C23H46O. The summed E-state index contributed by atoms with van der Waals surface area (Å²) in [6.45, 7) is 4.32. The van der Waals surface area contributed by atoms with Gasteiger partial charge in [-0.3, -0.25) is 0 Å². The van der Waals surface area contributed by atoms with Gasteiger partial charge in [0, 0.05) is 5.92 Å². The highest BCUT2D eigenvalue weighted by molar-refractivity contribution is 5.52. The molecule has 0 saturated carbocycles. The molecule has 0 aromatic rings. The van der Waals surface area contributed by atoms with Crippen molar-refractivity contribution < 1.29 is 4.79 Å². The van der Waals surface area contributed by atoms with Gasteiger partial charge < -0.3 is 4.79 Å². The molecule has 0 fully saturated rings. The van der Waals surface area contributed by atoms with E-state index in [1.165, 1.54) is 116 Å². The van der Waals surface area contributed by atoms with Crippen molar-refractivity contribution >= 4 is 6.29 Å². The lowest BCUT2D eigenvalue weighted by Crippen LogP contribution is -1.94. The number of rotatable bonds is 20. The van der Waals surface area contributed by atoms with E-state index < -0.39 is 0 Å². The molecule has 1 atom stereocenters. The molecule has 0 aliphatic rings. The van der Waals surface area contributed by atoms with Crippen LogP contribution in [0.25, 0.3) is 0 Å². The van der Waals surface area contributed by atoms with Crippen LogP contribution in [0.3, 0.4) is 0 Å². The summed E-state index contributed by atoms with van der Waals surface area (Å²) in [4.78, 5) is 10.5. The van der Waals surface area contributed by atoms with E-state index in [4.69, 9.17) is 0 Å². The van der Waals surface area contributed by atoms with Crippen LogP contribution in [-0.4, -0.2) is 6.29 Å². The van der Waals surface area contributed by atoms with Crippen LogP contribution in [0.4, 0.5) is 0 Å². The number of aldehydes is 1. The summed E-state index contributed by atoms with van der Waals surface area (Å²) in [6, 6.07) is 0. The molecule has 24 heavy (non-hydrogen) atoms. The van der Waals surface area contributed by atoms with Crippen LogP contribution in [0.5, 0.6) is 0 Å². The Hall–Kier alpha value is -0.330. The van der Waals surface area contributed by atoms with Crippen LogP contribution >= 0.6 is 0 Å². The fourth-order valence-corrected chi connectivity index (χ4v) is 3.44. The maximum Gasteiger partial charge on any atom is 0.122 e. The largest absolute Gasteiger partial charge is 0.303 e. The Morgan fingerprint density at radius 2 is 0.833 bits per heavy atom. The Morgan fingerprint density at radius 3 is 1.12 bits per heavy atom. The van der Waals surface area contributed by atoms with Gasteiger partial charge in [-0.15, -0.1) is 0 Å². The molecule has 0 aromatic carbocycles. The molecule has 0 aromatic heterocycles. The number of unbranched alkanes of at least 4 members (excludes halogenated alkanes) is 17. The topological polar surface area (TPSA) is 17.1 Å². The predicted octanol–water partition coefficient (Wildman–Crippen LogP) is 8.25. The van der Waals surface area contributed by atoms with Gasteiger partial charge in [-0.25, -0.2) is 0 Å². The second-order valence-electron chi connectivity index (χ2n) is 7.91. The second-order valence-corrected chi connectivity index (χ2v) is 7.91. The maximum atomic E-state index is 10.5. The van der Waals surface area contributed by atoms with E-state index in [-0.39, 0.29) is 5.92 Å². The summed E-state index contributed by atoms with van der Waals surface area (Å²) >= 11 is 0. The van der Waals surface area contributed by atoms with Gasteiger partial charge >= 0.3 is 0 Å². The van der Waals surface area contributed by atoms with E-state index in [2.05, 4.69) is 6.92 Å². The van der Waals surface area contributed by atoms with Crippen molar-refractivity contribution in [2.75, 3.05) is 0 Å². The Bertz CT molecular complexity index is 236. The first kappa shape index (κ1) is 23.7. The highest BCUT2D eigenvalue weighted by Gasteiger charge is 1.99. The second kappa shape index (κ2) is 20.7. The molecule has 144 valence electrons. The zero-order valence-electron chi connectivity index (χ0n) is 17.0. The maximum absolute atomic E-state index is 10.5. The molecule has 0 aliphatic carbocycles. The Balaban J connectivity index is 2.99. The van der Waals surface area contributed by atoms with Crippen molar-refractivity contribution in [1.82, 2.24) is 0 Å². The van der Waals surface area contributed by atoms with Crippen molar-refractivity contribution in [2.24, 2.45) is 5.92 Å². The van der Waals surface area contributed by atoms with Gasteiger partial charge in [0.05, 0.1) is 0 Å². The minimum Gasteiger partial charge on any atom is -0.303 e. The molecule has 0 radical (unpaired) electrons. The van der Waals surface area contributed by atoms with Crippen molar-refractivity contribution in [3.05, 3.63) is 0 Å². The third-order valence-corrected chi connectivity index (χ3v) is 5.25. The molecule has 0 aliphatic heterocycles. The molecule has 1 heteroatoms. The number of hydrogen-bond acceptors (Lipinski definition) is 1. The van der Waals surface area contributed by atoms with Crippen LogP contribution in [0.15, 0.2) is 0 Å². The van der Waals surface area contributed by atoms with E-state index in [9.17, 15) is 4.79 Å². The Morgan fingerprint density at radius 1 is 0.542 bits per heavy atom. The summed E-state index contributed by atoms with van der Waals surface area (Å²) in [5, 5.41) is 0. The number of hydrogen-bond donors (Lipinski definition) is 0. The van der Waals surface area contributed by atoms with Gasteiger partial charge in [0.25, 0.3) is 0 Å². The lowest BCUT2D eigenvalue weighted by molar-refractivity contribution is -0.110. The minimum atomic E-state index is 0.269. The lowest BCUT2D eigenvalue weighted by atomic mass is 10.0. The van der Waals surface area contributed by atoms with Gasteiger partial charge in [0.15, 0.2) is 0 Å². The molecule has 1 unspecified atom stereocenters. The Kier molecular flexibility index (Phi) is 20.4. The number of carbonyl (C=O) groups is 1. The predicted molar refractivity (Wildman–Crippen MR) is 109 cm³/mol. The van der Waals surface area contributed by atoms with Crippen molar-refractivity contribution in [3.63, 3.8) is 0 Å². The summed E-state index contributed by atoms with van der Waals surface area (Å²) in [5.41, 5.74) is 0. The van der Waals surface area contributed by atoms with E-state index in [1.807, 2.05) is 6.92 Å². The van der Waals surface area contributed by atoms with Gasteiger partial charge in [-0.2, -0.15) is 0 Å². The first-order valence-corrected chi connectivity index (χ1v) is 11.3. The molecular weight excluding hydrogens is 292 g/mol. The molecule has 1 nitrogen and oxygen atoms in total. The third kappa shape index (κ3) is 19.7. The molecule has 0 amide bonds. The quantitative estimate of drug-likeness (QED) is 0.161. The van der Waals surface area contributed by atoms with E-state index in [1.54, 1.807) is 0 Å². The lowest BCUT2D eigenvalue weighted by Gasteiger charge is -2.04. The smallest absolute Gasteiger partial charge is 0.122 e. The van der Waals surface area contributed by atoms with Gasteiger partial charge in [0.2, 0.25) is 0 Å². The Labute approximate surface area is 153 Å². The van der Waals surface area contributed by atoms with Gasteiger partial charge in [0.1, 0.15) is 6.29 Å². The first-order valence-electron chi connectivity index (χ1n) is 11.3. The molecule has 0 rings (SSSR count). The first-order chi connectivity index (χ1) is 11.8. The van der Waals surface area contributed by atoms with Gasteiger partial charge in [-0.1, -0.05) is 129 Å². The zero-order valence-corrected chi connectivity index (χ0v) is 17.0. The fraction of sp³-hybridized carbons (Fsp3) is 0.957. The normalized spacial score (nSPS) is 12.4. The zero-order chi connectivity index (χ0) is 17.7. The van der Waals surface area contributed by atoms with Crippen molar-refractivity contribution in [1.29, 1.82) is 0 Å².